The van der Waals surface area contributed by atoms with Crippen LogP contribution in [0.3, 0.4) is 0 Å². The molecule has 4 saturated heterocycles. The number of nitrogens with zero attached hydrogens (tertiary/aromatic N) is 6. The van der Waals surface area contributed by atoms with E-state index in [0.717, 1.165) is 165 Å². The molecule has 0 amide bonds. The summed E-state index contributed by atoms with van der Waals surface area (Å²) >= 11 is 0. The normalized spacial score (nSPS) is 20.3. The van der Waals surface area contributed by atoms with Gasteiger partial charge in [0.05, 0.1) is 22.8 Å². The molecule has 6 aliphatic heterocycles. The molecular formula is C76H90N8O4. The van der Waals surface area contributed by atoms with Crippen LogP contribution < -0.4 is 18.9 Å². The molecule has 3 aromatic heterocycles. The Hall–Kier alpha value is -7.48. The van der Waals surface area contributed by atoms with Gasteiger partial charge in [0.15, 0.2) is 0 Å². The van der Waals surface area contributed by atoms with Crippen LogP contribution in [0.5, 0.6) is 23.0 Å². The second-order valence-corrected chi connectivity index (χ2v) is 25.5. The first-order chi connectivity index (χ1) is 43.2. The van der Waals surface area contributed by atoms with Gasteiger partial charge in [-0.1, -0.05) is 74.2 Å². The van der Waals surface area contributed by atoms with Crippen molar-refractivity contribution in [3.63, 3.8) is 0 Å². The van der Waals surface area contributed by atoms with Crippen LogP contribution in [0.1, 0.15) is 128 Å². The Labute approximate surface area is 521 Å². The van der Waals surface area contributed by atoms with Crippen molar-refractivity contribution in [2.75, 3.05) is 78.8 Å². The topological polar surface area (TPSA) is 107 Å². The molecule has 8 bridgehead atoms. The zero-order valence-electron chi connectivity index (χ0n) is 52.5. The van der Waals surface area contributed by atoms with Crippen molar-refractivity contribution in [2.24, 2.45) is 0 Å². The minimum atomic E-state index is 0.593. The van der Waals surface area contributed by atoms with Gasteiger partial charge < -0.3 is 28.9 Å². The molecule has 7 aromatic rings. The van der Waals surface area contributed by atoms with Crippen LogP contribution in [0.25, 0.3) is 90.9 Å². The second-order valence-electron chi connectivity index (χ2n) is 25.5. The molecule has 4 unspecified atom stereocenters. The molecule has 9 heterocycles. The van der Waals surface area contributed by atoms with Gasteiger partial charge >= 0.3 is 0 Å². The van der Waals surface area contributed by atoms with E-state index in [9.17, 15) is 0 Å². The largest absolute Gasteiger partial charge is 0.492 e. The number of fused-ring (bicyclic) bond motifs is 8. The van der Waals surface area contributed by atoms with Crippen LogP contribution in [-0.4, -0.2) is 142 Å². The number of hydrogen-bond donors (Lipinski definition) is 2. The third kappa shape index (κ3) is 13.9. The first kappa shape index (κ1) is 59.5. The molecule has 13 rings (SSSR count). The Bertz CT molecular complexity index is 3240. The summed E-state index contributed by atoms with van der Waals surface area (Å²) in [6.45, 7) is 20.2. The van der Waals surface area contributed by atoms with E-state index in [1.54, 1.807) is 0 Å². The van der Waals surface area contributed by atoms with Crippen molar-refractivity contribution in [1.29, 1.82) is 0 Å². The molecule has 0 spiro atoms. The molecule has 458 valence electrons. The number of H-pyrrole nitrogens is 2. The van der Waals surface area contributed by atoms with Gasteiger partial charge in [-0.25, -0.2) is 9.97 Å². The van der Waals surface area contributed by atoms with Gasteiger partial charge in [0.1, 0.15) is 49.4 Å². The van der Waals surface area contributed by atoms with Crippen molar-refractivity contribution < 1.29 is 18.9 Å². The van der Waals surface area contributed by atoms with Crippen LogP contribution in [0.2, 0.25) is 0 Å². The summed E-state index contributed by atoms with van der Waals surface area (Å²) in [5.74, 6) is 3.44. The maximum atomic E-state index is 6.45. The van der Waals surface area contributed by atoms with E-state index in [2.05, 4.69) is 203 Å². The number of rotatable bonds is 20. The Kier molecular flexibility index (Phi) is 18.9. The third-order valence-electron chi connectivity index (χ3n) is 19.7. The van der Waals surface area contributed by atoms with Crippen molar-refractivity contribution >= 4 is 46.4 Å². The summed E-state index contributed by atoms with van der Waals surface area (Å²) in [4.78, 5) is 29.5. The van der Waals surface area contributed by atoms with Crippen LogP contribution in [0, 0.1) is 0 Å². The van der Waals surface area contributed by atoms with Gasteiger partial charge in [0.2, 0.25) is 0 Å². The predicted molar refractivity (Wildman–Crippen MR) is 362 cm³/mol. The Balaban J connectivity index is 0.924. The van der Waals surface area contributed by atoms with Gasteiger partial charge in [-0.3, -0.25) is 19.6 Å². The smallest absolute Gasteiger partial charge is 0.119 e. The quantitative estimate of drug-likeness (QED) is 0.0766. The highest BCUT2D eigenvalue weighted by atomic mass is 16.5. The molecule has 4 aromatic carbocycles. The van der Waals surface area contributed by atoms with E-state index in [0.29, 0.717) is 50.6 Å². The number of hydrogen-bond acceptors (Lipinski definition) is 10. The SMILES string of the molecule is CC1CCCCN1CCOc1ccc(-c2c3nc(c(-c4ccc(OCCN5CCCCC5C)cc4)c4ccc([nH]4)c(-c4ccc(OCCN5CCCCC5C)cc4)c4nc(c(-c5ccc(OCCN6CCCCC6C)cc5)c5ccc2[nH]5)C=C4)C=C3)cc1. The van der Waals surface area contributed by atoms with Crippen LogP contribution in [-0.2, 0) is 0 Å². The van der Waals surface area contributed by atoms with Crippen molar-refractivity contribution in [3.05, 3.63) is 144 Å². The summed E-state index contributed by atoms with van der Waals surface area (Å²) < 4.78 is 25.8. The molecule has 4 atom stereocenters. The number of aromatic nitrogens is 4. The van der Waals surface area contributed by atoms with Crippen LogP contribution in [0.4, 0.5) is 0 Å². The predicted octanol–water partition coefficient (Wildman–Crippen LogP) is 16.3. The summed E-state index contributed by atoms with van der Waals surface area (Å²) in [5, 5.41) is 0. The minimum Gasteiger partial charge on any atom is -0.492 e. The molecule has 6 aliphatic rings. The first-order valence-corrected chi connectivity index (χ1v) is 33.3. The minimum absolute atomic E-state index is 0.593. The summed E-state index contributed by atoms with van der Waals surface area (Å²) in [6, 6.07) is 45.5. The van der Waals surface area contributed by atoms with Crippen LogP contribution >= 0.6 is 0 Å². The average molecular weight is 1180 g/mol. The highest BCUT2D eigenvalue weighted by Gasteiger charge is 2.24. The van der Waals surface area contributed by atoms with E-state index in [4.69, 9.17) is 28.9 Å². The fourth-order valence-corrected chi connectivity index (χ4v) is 14.4. The zero-order chi connectivity index (χ0) is 59.8. The fraction of sp³-hybridized carbons (Fsp3) is 0.421. The number of ether oxygens (including phenoxy) is 4. The monoisotopic (exact) mass is 1180 g/mol. The standard InChI is InChI=1S/C76H90N8O4/c1-53-13-5-9-41-81(53)45-49-85-61-25-17-57(18-26-61)73-65-33-35-67(77-65)74(58-19-27-62(28-20-58)86-50-46-82-42-10-6-14-54(82)2)69-37-39-71(79-69)76(60-23-31-64(32-24-60)88-52-48-84-44-12-8-16-56(84)4)72-40-38-70(80-72)75(68-36-34-66(73)78-68)59-21-29-63(30-22-59)87-51-47-83-43-11-7-15-55(83)3/h17-40,53-56,77,80H,5-16,41-52H2,1-4H3. The van der Waals surface area contributed by atoms with Crippen molar-refractivity contribution in [1.82, 2.24) is 39.5 Å². The van der Waals surface area contributed by atoms with E-state index in [-0.39, 0.29) is 0 Å². The molecule has 88 heavy (non-hydrogen) atoms. The third-order valence-corrected chi connectivity index (χ3v) is 19.7. The zero-order valence-corrected chi connectivity index (χ0v) is 52.5. The van der Waals surface area contributed by atoms with E-state index in [1.165, 1.54) is 77.0 Å². The van der Waals surface area contributed by atoms with Gasteiger partial charge in [-0.05, 0) is 225 Å². The molecule has 0 saturated carbocycles. The molecule has 12 heteroatoms. The van der Waals surface area contributed by atoms with Gasteiger partial charge in [-0.2, -0.15) is 0 Å². The van der Waals surface area contributed by atoms with Crippen molar-refractivity contribution in [2.45, 2.75) is 129 Å². The summed E-state index contributed by atoms with van der Waals surface area (Å²) in [5.41, 5.74) is 15.3. The highest BCUT2D eigenvalue weighted by molar-refractivity contribution is 6.00. The summed E-state index contributed by atoms with van der Waals surface area (Å²) in [7, 11) is 0. The highest BCUT2D eigenvalue weighted by Crippen LogP contribution is 2.40. The molecule has 4 fully saturated rings. The fourth-order valence-electron chi connectivity index (χ4n) is 14.4. The number of likely N-dealkylation sites (tertiary alicyclic amines) is 4. The molecule has 0 radical (unpaired) electrons. The Morgan fingerprint density at radius 1 is 0.318 bits per heavy atom. The van der Waals surface area contributed by atoms with E-state index in [1.807, 2.05) is 0 Å². The Morgan fingerprint density at radius 3 is 0.761 bits per heavy atom. The van der Waals surface area contributed by atoms with Gasteiger partial charge in [-0.15, -0.1) is 0 Å². The van der Waals surface area contributed by atoms with Crippen LogP contribution in [0.15, 0.2) is 121 Å². The van der Waals surface area contributed by atoms with E-state index >= 15 is 0 Å². The lowest BCUT2D eigenvalue weighted by atomic mass is 10.0. The molecule has 0 aliphatic carbocycles. The Morgan fingerprint density at radius 2 is 0.545 bits per heavy atom. The van der Waals surface area contributed by atoms with Gasteiger partial charge in [0, 0.05) is 94.7 Å². The van der Waals surface area contributed by atoms with E-state index < -0.39 is 0 Å². The lowest BCUT2D eigenvalue weighted by molar-refractivity contribution is 0.133. The van der Waals surface area contributed by atoms with Crippen molar-refractivity contribution in [3.8, 4) is 67.5 Å². The molecule has 12 nitrogen and oxygen atoms in total. The first-order valence-electron chi connectivity index (χ1n) is 33.3. The number of nitrogens with one attached hydrogen (secondary N) is 2. The summed E-state index contributed by atoms with van der Waals surface area (Å²) in [6.07, 6.45) is 24.0. The maximum absolute atomic E-state index is 6.45. The van der Waals surface area contributed by atoms with Gasteiger partial charge in [0.25, 0.3) is 0 Å². The maximum Gasteiger partial charge on any atom is 0.119 e. The molecular weight excluding hydrogens is 1090 g/mol. The average Bonchev–Trinajstić information content (AvgIpc) is 3.34. The lowest BCUT2D eigenvalue weighted by Crippen LogP contribution is -2.39. The number of benzene rings is 4. The number of piperidine rings is 4. The lowest BCUT2D eigenvalue weighted by Gasteiger charge is -2.33. The molecule has 2 N–H and O–H groups in total. The second kappa shape index (κ2) is 27.9. The number of aromatic amines is 2.